The van der Waals surface area contributed by atoms with Crippen LogP contribution in [-0.2, 0) is 6.42 Å². The van der Waals surface area contributed by atoms with Gasteiger partial charge in [-0.05, 0) is 42.3 Å². The number of thiophene rings is 1. The van der Waals surface area contributed by atoms with Crippen LogP contribution in [0.3, 0.4) is 0 Å². The van der Waals surface area contributed by atoms with Gasteiger partial charge in [-0.1, -0.05) is 30.3 Å². The molecular weight excluding hydrogens is 266 g/mol. The lowest BCUT2D eigenvalue weighted by Crippen LogP contribution is -2.34. The minimum atomic E-state index is -0.354. The summed E-state index contributed by atoms with van der Waals surface area (Å²) >= 11 is 1.88. The first-order valence-electron chi connectivity index (χ1n) is 7.29. The predicted octanol–water partition coefficient (Wildman–Crippen LogP) is 3.79. The van der Waals surface area contributed by atoms with Gasteiger partial charge in [-0.25, -0.2) is 0 Å². The van der Waals surface area contributed by atoms with Crippen LogP contribution in [0.25, 0.3) is 0 Å². The van der Waals surface area contributed by atoms with E-state index in [0.29, 0.717) is 6.04 Å². The van der Waals surface area contributed by atoms with Crippen LogP contribution in [0.1, 0.15) is 41.5 Å². The van der Waals surface area contributed by atoms with Crippen molar-refractivity contribution in [1.29, 1.82) is 0 Å². The molecule has 2 aromatic rings. The minimum Gasteiger partial charge on any atom is -0.388 e. The molecular formula is C17H21NOS. The fraction of sp³-hybridized carbons (Fsp3) is 0.412. The third-order valence-corrected chi connectivity index (χ3v) is 5.27. The minimum absolute atomic E-state index is 0.354. The summed E-state index contributed by atoms with van der Waals surface area (Å²) in [5, 5.41) is 12.5. The van der Waals surface area contributed by atoms with Gasteiger partial charge in [0, 0.05) is 24.0 Å². The third-order valence-electron chi connectivity index (χ3n) is 4.28. The van der Waals surface area contributed by atoms with Gasteiger partial charge < -0.3 is 5.11 Å². The van der Waals surface area contributed by atoms with Crippen molar-refractivity contribution in [3.05, 3.63) is 57.8 Å². The second-order valence-corrected chi connectivity index (χ2v) is 6.48. The number of fused-ring (bicyclic) bond motifs is 1. The zero-order valence-corrected chi connectivity index (χ0v) is 12.6. The number of hydrogen-bond donors (Lipinski definition) is 1. The van der Waals surface area contributed by atoms with Crippen LogP contribution < -0.4 is 0 Å². The zero-order chi connectivity index (χ0) is 13.9. The quantitative estimate of drug-likeness (QED) is 0.925. The molecule has 0 saturated carbocycles. The van der Waals surface area contributed by atoms with Crippen LogP contribution in [0, 0.1) is 0 Å². The molecule has 2 atom stereocenters. The summed E-state index contributed by atoms with van der Waals surface area (Å²) in [4.78, 5) is 4.03. The molecule has 0 saturated heterocycles. The van der Waals surface area contributed by atoms with Crippen molar-refractivity contribution in [2.24, 2.45) is 0 Å². The Morgan fingerprint density at radius 2 is 2.10 bits per heavy atom. The second-order valence-electron chi connectivity index (χ2n) is 5.48. The molecule has 0 bridgehead atoms. The molecule has 0 amide bonds. The van der Waals surface area contributed by atoms with Gasteiger partial charge in [-0.15, -0.1) is 11.3 Å². The van der Waals surface area contributed by atoms with Gasteiger partial charge in [-0.3, -0.25) is 4.90 Å². The van der Waals surface area contributed by atoms with Gasteiger partial charge in [0.2, 0.25) is 0 Å². The highest BCUT2D eigenvalue weighted by atomic mass is 32.1. The molecule has 1 aliphatic heterocycles. The Morgan fingerprint density at radius 1 is 1.30 bits per heavy atom. The smallest absolute Gasteiger partial charge is 0.0802 e. The molecule has 1 aromatic carbocycles. The summed E-state index contributed by atoms with van der Waals surface area (Å²) in [5.74, 6) is 0. The summed E-state index contributed by atoms with van der Waals surface area (Å²) in [7, 11) is 0. The van der Waals surface area contributed by atoms with Crippen LogP contribution in [-0.4, -0.2) is 23.1 Å². The molecule has 3 heteroatoms. The normalized spacial score (nSPS) is 20.6. The Bertz CT molecular complexity index is 551. The van der Waals surface area contributed by atoms with E-state index in [-0.39, 0.29) is 6.10 Å². The van der Waals surface area contributed by atoms with E-state index in [1.807, 2.05) is 41.7 Å². The van der Waals surface area contributed by atoms with E-state index in [1.165, 1.54) is 10.4 Å². The molecule has 0 spiro atoms. The Hall–Kier alpha value is -1.16. The first-order valence-corrected chi connectivity index (χ1v) is 8.17. The van der Waals surface area contributed by atoms with Gasteiger partial charge >= 0.3 is 0 Å². The van der Waals surface area contributed by atoms with E-state index >= 15 is 0 Å². The van der Waals surface area contributed by atoms with Crippen molar-refractivity contribution in [2.45, 2.75) is 31.9 Å². The number of benzene rings is 1. The maximum Gasteiger partial charge on any atom is 0.0802 e. The van der Waals surface area contributed by atoms with Crippen molar-refractivity contribution in [2.75, 3.05) is 13.1 Å². The van der Waals surface area contributed by atoms with Crippen LogP contribution >= 0.6 is 11.3 Å². The number of rotatable bonds is 4. The Morgan fingerprint density at radius 3 is 2.90 bits per heavy atom. The maximum absolute atomic E-state index is 10.3. The van der Waals surface area contributed by atoms with Crippen molar-refractivity contribution in [1.82, 2.24) is 4.90 Å². The molecule has 0 fully saturated rings. The number of aliphatic hydroxyl groups excluding tert-OH is 1. The Labute approximate surface area is 124 Å². The average molecular weight is 287 g/mol. The van der Waals surface area contributed by atoms with Crippen LogP contribution in [0.4, 0.5) is 0 Å². The highest BCUT2D eigenvalue weighted by molar-refractivity contribution is 7.10. The van der Waals surface area contributed by atoms with Crippen molar-refractivity contribution in [3.8, 4) is 0 Å². The molecule has 2 heterocycles. The number of aliphatic hydroxyl groups is 1. The van der Waals surface area contributed by atoms with E-state index in [2.05, 4.69) is 23.3 Å². The number of nitrogens with zero attached hydrogens (tertiary/aromatic N) is 1. The number of hydrogen-bond acceptors (Lipinski definition) is 3. The summed E-state index contributed by atoms with van der Waals surface area (Å²) in [6.07, 6.45) is 1.60. The highest BCUT2D eigenvalue weighted by Gasteiger charge is 2.24. The predicted molar refractivity (Wildman–Crippen MR) is 84.0 cm³/mol. The maximum atomic E-state index is 10.3. The molecule has 20 heavy (non-hydrogen) atoms. The topological polar surface area (TPSA) is 23.5 Å². The van der Waals surface area contributed by atoms with Gasteiger partial charge in [-0.2, -0.15) is 0 Å². The van der Waals surface area contributed by atoms with Crippen LogP contribution in [0.15, 0.2) is 41.8 Å². The SMILES string of the molecule is CC1c2ccsc2CCN1CCC(O)c1ccccc1. The molecule has 0 radical (unpaired) electrons. The summed E-state index contributed by atoms with van der Waals surface area (Å²) < 4.78 is 0. The fourth-order valence-corrected chi connectivity index (χ4v) is 3.96. The van der Waals surface area contributed by atoms with E-state index in [4.69, 9.17) is 0 Å². The van der Waals surface area contributed by atoms with E-state index in [0.717, 1.165) is 31.5 Å². The molecule has 1 N–H and O–H groups in total. The summed E-state index contributed by atoms with van der Waals surface area (Å²) in [6, 6.07) is 12.7. The first kappa shape index (κ1) is 13.8. The second kappa shape index (κ2) is 6.08. The van der Waals surface area contributed by atoms with Crippen molar-refractivity contribution >= 4 is 11.3 Å². The van der Waals surface area contributed by atoms with E-state index in [1.54, 1.807) is 0 Å². The molecule has 1 aliphatic rings. The van der Waals surface area contributed by atoms with E-state index < -0.39 is 0 Å². The summed E-state index contributed by atoms with van der Waals surface area (Å²) in [5.41, 5.74) is 2.50. The average Bonchev–Trinajstić information content (AvgIpc) is 2.96. The zero-order valence-electron chi connectivity index (χ0n) is 11.8. The third kappa shape index (κ3) is 2.80. The highest BCUT2D eigenvalue weighted by Crippen LogP contribution is 2.33. The van der Waals surface area contributed by atoms with E-state index in [9.17, 15) is 5.11 Å². The van der Waals surface area contributed by atoms with Crippen molar-refractivity contribution in [3.63, 3.8) is 0 Å². The Kier molecular flexibility index (Phi) is 4.20. The molecule has 1 aromatic heterocycles. The lowest BCUT2D eigenvalue weighted by atomic mass is 10.00. The van der Waals surface area contributed by atoms with Gasteiger partial charge in [0.25, 0.3) is 0 Å². The standard InChI is InChI=1S/C17H21NOS/c1-13-15-9-12-20-17(15)8-11-18(13)10-7-16(19)14-5-3-2-4-6-14/h2-6,9,12-13,16,19H,7-8,10-11H2,1H3. The van der Waals surface area contributed by atoms with Gasteiger partial charge in [0.05, 0.1) is 6.10 Å². The van der Waals surface area contributed by atoms with Gasteiger partial charge in [0.15, 0.2) is 0 Å². The lowest BCUT2D eigenvalue weighted by Gasteiger charge is -2.34. The summed E-state index contributed by atoms with van der Waals surface area (Å²) in [6.45, 7) is 4.34. The lowest BCUT2D eigenvalue weighted by molar-refractivity contribution is 0.123. The largest absolute Gasteiger partial charge is 0.388 e. The molecule has 3 rings (SSSR count). The van der Waals surface area contributed by atoms with Crippen LogP contribution in [0.5, 0.6) is 0 Å². The molecule has 106 valence electrons. The molecule has 2 unspecified atom stereocenters. The fourth-order valence-electron chi connectivity index (χ4n) is 3.00. The first-order chi connectivity index (χ1) is 9.75. The van der Waals surface area contributed by atoms with Crippen molar-refractivity contribution < 1.29 is 5.11 Å². The van der Waals surface area contributed by atoms with Crippen LogP contribution in [0.2, 0.25) is 0 Å². The molecule has 2 nitrogen and oxygen atoms in total. The monoisotopic (exact) mass is 287 g/mol. The Balaban J connectivity index is 1.60. The van der Waals surface area contributed by atoms with Gasteiger partial charge in [0.1, 0.15) is 0 Å². The molecule has 0 aliphatic carbocycles.